The summed E-state index contributed by atoms with van der Waals surface area (Å²) in [5.74, 6) is 0. The molecular formula is C48H31NOS. The molecule has 0 spiro atoms. The van der Waals surface area contributed by atoms with Gasteiger partial charge in [0.1, 0.15) is 11.2 Å². The summed E-state index contributed by atoms with van der Waals surface area (Å²) in [7, 11) is 0. The molecule has 0 N–H and O–H groups in total. The lowest BCUT2D eigenvalue weighted by Crippen LogP contribution is -2.09. The molecule has 2 heterocycles. The van der Waals surface area contributed by atoms with E-state index < -0.39 is 0 Å². The van der Waals surface area contributed by atoms with E-state index in [-0.39, 0.29) is 0 Å². The third kappa shape index (κ3) is 5.10. The molecule has 0 bridgehead atoms. The van der Waals surface area contributed by atoms with Crippen molar-refractivity contribution < 1.29 is 4.42 Å². The van der Waals surface area contributed by atoms with E-state index >= 15 is 0 Å². The number of rotatable bonds is 6. The number of benzene rings is 8. The second-order valence-corrected chi connectivity index (χ2v) is 14.0. The van der Waals surface area contributed by atoms with Gasteiger partial charge in [-0.2, -0.15) is 0 Å². The second-order valence-electron chi connectivity index (χ2n) is 12.9. The van der Waals surface area contributed by atoms with Crippen LogP contribution in [-0.4, -0.2) is 0 Å². The molecule has 10 aromatic rings. The number of furan rings is 1. The van der Waals surface area contributed by atoms with Crippen LogP contribution in [-0.2, 0) is 0 Å². The fourth-order valence-corrected chi connectivity index (χ4v) is 8.64. The minimum absolute atomic E-state index is 0.923. The minimum atomic E-state index is 0.923. The highest BCUT2D eigenvalue weighted by Crippen LogP contribution is 2.46. The smallest absolute Gasteiger partial charge is 0.144 e. The summed E-state index contributed by atoms with van der Waals surface area (Å²) in [5.41, 5.74) is 12.3. The van der Waals surface area contributed by atoms with Crippen molar-refractivity contribution in [3.8, 4) is 33.4 Å². The highest BCUT2D eigenvalue weighted by atomic mass is 32.1. The van der Waals surface area contributed by atoms with Crippen LogP contribution in [0.2, 0.25) is 0 Å². The molecule has 2 nitrogen and oxygen atoms in total. The maximum absolute atomic E-state index is 6.63. The van der Waals surface area contributed by atoms with Crippen LogP contribution in [0.1, 0.15) is 0 Å². The summed E-state index contributed by atoms with van der Waals surface area (Å²) in [6, 6.07) is 67.1. The van der Waals surface area contributed by atoms with Gasteiger partial charge in [0, 0.05) is 53.6 Å². The van der Waals surface area contributed by atoms with Crippen LogP contribution >= 0.6 is 11.3 Å². The first-order valence-corrected chi connectivity index (χ1v) is 18.1. The van der Waals surface area contributed by atoms with E-state index in [0.717, 1.165) is 39.4 Å². The zero-order valence-corrected chi connectivity index (χ0v) is 28.5. The number of hydrogen-bond donors (Lipinski definition) is 0. The van der Waals surface area contributed by atoms with Gasteiger partial charge in [-0.25, -0.2) is 0 Å². The fourth-order valence-electron chi connectivity index (χ4n) is 7.40. The standard InChI is InChI=1S/C48H31NOS/c1-3-14-37(15-4-1)49(38-16-5-2-6-17-38)39-28-26-33(27-29-39)32-22-24-34(25-23-32)35-12-11-13-36(30-35)42-31-43-40-18-8-10-21-45(40)51-48(43)46-41-19-7-9-20-44(41)50-47(42)46/h1-31H. The fraction of sp³-hybridized carbons (Fsp3) is 0. The van der Waals surface area contributed by atoms with Gasteiger partial charge in [0.15, 0.2) is 0 Å². The molecule has 0 amide bonds. The van der Waals surface area contributed by atoms with E-state index in [4.69, 9.17) is 4.42 Å². The average molecular weight is 670 g/mol. The normalized spacial score (nSPS) is 11.5. The van der Waals surface area contributed by atoms with E-state index in [1.807, 2.05) is 11.3 Å². The molecule has 0 aliphatic rings. The van der Waals surface area contributed by atoms with Crippen molar-refractivity contribution in [2.75, 3.05) is 4.90 Å². The van der Waals surface area contributed by atoms with Crippen LogP contribution in [0.25, 0.3) is 75.5 Å². The van der Waals surface area contributed by atoms with Crippen molar-refractivity contribution in [1.29, 1.82) is 0 Å². The number of fused-ring (bicyclic) bond motifs is 7. The van der Waals surface area contributed by atoms with Gasteiger partial charge < -0.3 is 9.32 Å². The second kappa shape index (κ2) is 12.2. The number of para-hydroxylation sites is 3. The number of nitrogens with zero attached hydrogens (tertiary/aromatic N) is 1. The van der Waals surface area contributed by atoms with Crippen LogP contribution < -0.4 is 4.90 Å². The van der Waals surface area contributed by atoms with Crippen LogP contribution in [0, 0.1) is 0 Å². The monoisotopic (exact) mass is 669 g/mol. The maximum atomic E-state index is 6.63. The van der Waals surface area contributed by atoms with Gasteiger partial charge >= 0.3 is 0 Å². The summed E-state index contributed by atoms with van der Waals surface area (Å²) in [5, 5.41) is 4.94. The minimum Gasteiger partial charge on any atom is -0.455 e. The Morgan fingerprint density at radius 2 is 0.941 bits per heavy atom. The predicted molar refractivity (Wildman–Crippen MR) is 218 cm³/mol. The Morgan fingerprint density at radius 1 is 0.392 bits per heavy atom. The van der Waals surface area contributed by atoms with Gasteiger partial charge in [-0.1, -0.05) is 127 Å². The Kier molecular flexibility index (Phi) is 7.04. The van der Waals surface area contributed by atoms with Crippen LogP contribution in [0.15, 0.2) is 192 Å². The highest BCUT2D eigenvalue weighted by Gasteiger charge is 2.19. The molecule has 240 valence electrons. The van der Waals surface area contributed by atoms with Crippen molar-refractivity contribution in [1.82, 2.24) is 0 Å². The summed E-state index contributed by atoms with van der Waals surface area (Å²) >= 11 is 1.85. The third-order valence-corrected chi connectivity index (χ3v) is 11.1. The Balaban J connectivity index is 1.01. The first-order chi connectivity index (χ1) is 25.3. The zero-order valence-electron chi connectivity index (χ0n) is 27.7. The molecule has 2 aromatic heterocycles. The van der Waals surface area contributed by atoms with Crippen molar-refractivity contribution in [2.24, 2.45) is 0 Å². The molecular weight excluding hydrogens is 639 g/mol. The van der Waals surface area contributed by atoms with Crippen molar-refractivity contribution in [3.05, 3.63) is 188 Å². The lowest BCUT2D eigenvalue weighted by molar-refractivity contribution is 0.670. The quantitative estimate of drug-likeness (QED) is 0.175. The molecule has 3 heteroatoms. The third-order valence-electron chi connectivity index (χ3n) is 9.87. The van der Waals surface area contributed by atoms with Crippen LogP contribution in [0.5, 0.6) is 0 Å². The molecule has 0 radical (unpaired) electrons. The number of hydrogen-bond acceptors (Lipinski definition) is 3. The van der Waals surface area contributed by atoms with Crippen molar-refractivity contribution in [3.63, 3.8) is 0 Å². The van der Waals surface area contributed by atoms with Gasteiger partial charge in [0.25, 0.3) is 0 Å². The molecule has 0 aliphatic heterocycles. The van der Waals surface area contributed by atoms with E-state index in [1.54, 1.807) is 0 Å². The van der Waals surface area contributed by atoms with Gasteiger partial charge in [-0.05, 0) is 88.5 Å². The van der Waals surface area contributed by atoms with Gasteiger partial charge in [-0.3, -0.25) is 0 Å². The van der Waals surface area contributed by atoms with E-state index in [9.17, 15) is 0 Å². The molecule has 0 aliphatic carbocycles. The molecule has 0 saturated carbocycles. The van der Waals surface area contributed by atoms with Gasteiger partial charge in [0.2, 0.25) is 0 Å². The first kappa shape index (κ1) is 29.5. The summed E-state index contributed by atoms with van der Waals surface area (Å²) in [4.78, 5) is 2.29. The average Bonchev–Trinajstić information content (AvgIpc) is 3.78. The maximum Gasteiger partial charge on any atom is 0.144 e. The molecule has 0 fully saturated rings. The summed E-state index contributed by atoms with van der Waals surface area (Å²) in [6.07, 6.45) is 0. The molecule has 8 aromatic carbocycles. The summed E-state index contributed by atoms with van der Waals surface area (Å²) < 4.78 is 9.21. The molecule has 0 atom stereocenters. The molecule has 0 saturated heterocycles. The Bertz CT molecular complexity index is 2790. The van der Waals surface area contributed by atoms with Crippen molar-refractivity contribution in [2.45, 2.75) is 0 Å². The molecule has 0 unspecified atom stereocenters. The van der Waals surface area contributed by atoms with Gasteiger partial charge in [-0.15, -0.1) is 11.3 Å². The zero-order chi connectivity index (χ0) is 33.7. The number of anilines is 3. The van der Waals surface area contributed by atoms with E-state index in [2.05, 4.69) is 193 Å². The topological polar surface area (TPSA) is 16.4 Å². The van der Waals surface area contributed by atoms with Gasteiger partial charge in [0.05, 0.1) is 0 Å². The lowest BCUT2D eigenvalue weighted by atomic mass is 9.95. The van der Waals surface area contributed by atoms with Crippen molar-refractivity contribution >= 4 is 70.5 Å². The summed E-state index contributed by atoms with van der Waals surface area (Å²) in [6.45, 7) is 0. The first-order valence-electron chi connectivity index (χ1n) is 17.3. The largest absolute Gasteiger partial charge is 0.455 e. The van der Waals surface area contributed by atoms with Crippen LogP contribution in [0.4, 0.5) is 17.1 Å². The predicted octanol–water partition coefficient (Wildman–Crippen LogP) is 14.4. The molecule has 51 heavy (non-hydrogen) atoms. The van der Waals surface area contributed by atoms with Crippen LogP contribution in [0.3, 0.4) is 0 Å². The Hall–Kier alpha value is -6.42. The SMILES string of the molecule is c1ccc(N(c2ccccc2)c2ccc(-c3ccc(-c4cccc(-c5cc6c7ccccc7sc6c6c5oc5ccccc56)c4)cc3)cc2)cc1. The lowest BCUT2D eigenvalue weighted by Gasteiger charge is -2.25. The van der Waals surface area contributed by atoms with E-state index in [0.29, 0.717) is 0 Å². The van der Waals surface area contributed by atoms with E-state index in [1.165, 1.54) is 53.2 Å². The number of thiophene rings is 1. The molecule has 10 rings (SSSR count). The highest BCUT2D eigenvalue weighted by molar-refractivity contribution is 7.26. The Morgan fingerprint density at radius 3 is 1.65 bits per heavy atom. The Labute approximate surface area is 300 Å².